The van der Waals surface area contributed by atoms with Gasteiger partial charge in [0.25, 0.3) is 0 Å². The van der Waals surface area contributed by atoms with E-state index in [1.807, 2.05) is 30.3 Å². The van der Waals surface area contributed by atoms with Gasteiger partial charge in [0.2, 0.25) is 11.8 Å². The SMILES string of the molecule is Cc1cc(C)cc(NCCc2nnc(-c3ccccc3)o2)c1. The zero-order valence-corrected chi connectivity index (χ0v) is 12.8. The molecule has 0 atom stereocenters. The predicted octanol–water partition coefficient (Wildman–Crippen LogP) is 4.01. The fraction of sp³-hybridized carbons (Fsp3) is 0.222. The average Bonchev–Trinajstić information content (AvgIpc) is 2.96. The van der Waals surface area contributed by atoms with Crippen molar-refractivity contribution in [2.75, 3.05) is 11.9 Å². The maximum atomic E-state index is 5.69. The van der Waals surface area contributed by atoms with E-state index in [1.54, 1.807) is 0 Å². The van der Waals surface area contributed by atoms with Crippen LogP contribution in [0.25, 0.3) is 11.5 Å². The molecule has 0 saturated carbocycles. The van der Waals surface area contributed by atoms with Crippen molar-refractivity contribution < 1.29 is 4.42 Å². The molecule has 112 valence electrons. The topological polar surface area (TPSA) is 51.0 Å². The lowest BCUT2D eigenvalue weighted by Crippen LogP contribution is -2.05. The van der Waals surface area contributed by atoms with E-state index >= 15 is 0 Å². The molecular weight excluding hydrogens is 274 g/mol. The summed E-state index contributed by atoms with van der Waals surface area (Å²) in [5.41, 5.74) is 4.59. The number of aromatic nitrogens is 2. The van der Waals surface area contributed by atoms with Crippen LogP contribution in [0.15, 0.2) is 52.9 Å². The molecule has 0 radical (unpaired) electrons. The maximum absolute atomic E-state index is 5.69. The lowest BCUT2D eigenvalue weighted by Gasteiger charge is -2.07. The molecule has 1 heterocycles. The molecule has 0 aliphatic rings. The summed E-state index contributed by atoms with van der Waals surface area (Å²) in [4.78, 5) is 0. The molecule has 0 aliphatic heterocycles. The molecule has 3 rings (SSSR count). The van der Waals surface area contributed by atoms with Crippen molar-refractivity contribution >= 4 is 5.69 Å². The van der Waals surface area contributed by atoms with E-state index in [4.69, 9.17) is 4.42 Å². The Bertz CT molecular complexity index is 730. The molecule has 2 aromatic carbocycles. The Kier molecular flexibility index (Phi) is 4.19. The van der Waals surface area contributed by atoms with Gasteiger partial charge in [-0.1, -0.05) is 24.3 Å². The van der Waals surface area contributed by atoms with E-state index in [2.05, 4.69) is 47.6 Å². The first-order valence-corrected chi connectivity index (χ1v) is 7.41. The zero-order chi connectivity index (χ0) is 15.4. The van der Waals surface area contributed by atoms with Crippen LogP contribution in [0.4, 0.5) is 5.69 Å². The van der Waals surface area contributed by atoms with E-state index < -0.39 is 0 Å². The molecule has 0 spiro atoms. The summed E-state index contributed by atoms with van der Waals surface area (Å²) in [5, 5.41) is 11.6. The Labute approximate surface area is 130 Å². The number of hydrogen-bond donors (Lipinski definition) is 1. The third-order valence-corrected chi connectivity index (χ3v) is 3.38. The molecule has 1 aromatic heterocycles. The van der Waals surface area contributed by atoms with Crippen LogP contribution in [0, 0.1) is 13.8 Å². The summed E-state index contributed by atoms with van der Waals surface area (Å²) in [6.07, 6.45) is 0.701. The predicted molar refractivity (Wildman–Crippen MR) is 87.8 cm³/mol. The fourth-order valence-corrected chi connectivity index (χ4v) is 2.44. The van der Waals surface area contributed by atoms with Crippen molar-refractivity contribution in [1.82, 2.24) is 10.2 Å². The largest absolute Gasteiger partial charge is 0.421 e. The van der Waals surface area contributed by atoms with Crippen LogP contribution in [0.2, 0.25) is 0 Å². The highest BCUT2D eigenvalue weighted by molar-refractivity contribution is 5.51. The number of benzene rings is 2. The van der Waals surface area contributed by atoms with Gasteiger partial charge in [0.05, 0.1) is 0 Å². The molecular formula is C18H19N3O. The molecule has 0 fully saturated rings. The number of anilines is 1. The minimum absolute atomic E-state index is 0.571. The van der Waals surface area contributed by atoms with E-state index in [-0.39, 0.29) is 0 Å². The minimum atomic E-state index is 0.571. The normalized spacial score (nSPS) is 10.6. The smallest absolute Gasteiger partial charge is 0.247 e. The van der Waals surface area contributed by atoms with Gasteiger partial charge in [0.15, 0.2) is 0 Å². The molecule has 0 unspecified atom stereocenters. The summed E-state index contributed by atoms with van der Waals surface area (Å²) >= 11 is 0. The molecule has 1 N–H and O–H groups in total. The van der Waals surface area contributed by atoms with Crippen molar-refractivity contribution in [3.8, 4) is 11.5 Å². The first kappa shape index (κ1) is 14.3. The monoisotopic (exact) mass is 293 g/mol. The lowest BCUT2D eigenvalue weighted by atomic mass is 10.1. The summed E-state index contributed by atoms with van der Waals surface area (Å²) in [7, 11) is 0. The van der Waals surface area contributed by atoms with Gasteiger partial charge in [-0.15, -0.1) is 10.2 Å². The first-order valence-electron chi connectivity index (χ1n) is 7.41. The quantitative estimate of drug-likeness (QED) is 0.772. The molecule has 22 heavy (non-hydrogen) atoms. The van der Waals surface area contributed by atoms with E-state index in [0.29, 0.717) is 18.2 Å². The summed E-state index contributed by atoms with van der Waals surface area (Å²) in [6, 6.07) is 16.2. The van der Waals surface area contributed by atoms with Crippen LogP contribution < -0.4 is 5.32 Å². The third kappa shape index (κ3) is 3.52. The Morgan fingerprint density at radius 1 is 0.955 bits per heavy atom. The number of nitrogens with zero attached hydrogens (tertiary/aromatic N) is 2. The van der Waals surface area contributed by atoms with Gasteiger partial charge in [-0.05, 0) is 49.2 Å². The number of nitrogens with one attached hydrogen (secondary N) is 1. The van der Waals surface area contributed by atoms with Gasteiger partial charge in [-0.3, -0.25) is 0 Å². The molecule has 0 saturated heterocycles. The molecule has 0 aliphatic carbocycles. The van der Waals surface area contributed by atoms with Crippen molar-refractivity contribution in [3.05, 3.63) is 65.5 Å². The summed E-state index contributed by atoms with van der Waals surface area (Å²) < 4.78 is 5.69. The van der Waals surface area contributed by atoms with Gasteiger partial charge < -0.3 is 9.73 Å². The van der Waals surface area contributed by atoms with Crippen LogP contribution in [-0.4, -0.2) is 16.7 Å². The highest BCUT2D eigenvalue weighted by atomic mass is 16.4. The van der Waals surface area contributed by atoms with Crippen LogP contribution in [0.3, 0.4) is 0 Å². The van der Waals surface area contributed by atoms with Gasteiger partial charge in [-0.2, -0.15) is 0 Å². The van der Waals surface area contributed by atoms with E-state index in [1.165, 1.54) is 11.1 Å². The van der Waals surface area contributed by atoms with Crippen molar-refractivity contribution in [2.24, 2.45) is 0 Å². The third-order valence-electron chi connectivity index (χ3n) is 3.38. The van der Waals surface area contributed by atoms with Crippen LogP contribution in [0.1, 0.15) is 17.0 Å². The van der Waals surface area contributed by atoms with Crippen LogP contribution >= 0.6 is 0 Å². The standard InChI is InChI=1S/C18H19N3O/c1-13-10-14(2)12-16(11-13)19-9-8-17-20-21-18(22-17)15-6-4-3-5-7-15/h3-7,10-12,19H,8-9H2,1-2H3. The average molecular weight is 293 g/mol. The second kappa shape index (κ2) is 6.43. The summed E-state index contributed by atoms with van der Waals surface area (Å²) in [6.45, 7) is 4.96. The first-order chi connectivity index (χ1) is 10.7. The summed E-state index contributed by atoms with van der Waals surface area (Å²) in [5.74, 6) is 1.22. The number of aryl methyl sites for hydroxylation is 2. The highest BCUT2D eigenvalue weighted by Crippen LogP contribution is 2.17. The molecule has 0 amide bonds. The van der Waals surface area contributed by atoms with Crippen LogP contribution in [0.5, 0.6) is 0 Å². The van der Waals surface area contributed by atoms with Crippen molar-refractivity contribution in [3.63, 3.8) is 0 Å². The molecule has 4 heteroatoms. The number of rotatable bonds is 5. The van der Waals surface area contributed by atoms with Crippen molar-refractivity contribution in [1.29, 1.82) is 0 Å². The van der Waals surface area contributed by atoms with Gasteiger partial charge in [0, 0.05) is 24.2 Å². The van der Waals surface area contributed by atoms with Gasteiger partial charge in [0.1, 0.15) is 0 Å². The highest BCUT2D eigenvalue weighted by Gasteiger charge is 2.07. The van der Waals surface area contributed by atoms with Crippen LogP contribution in [-0.2, 0) is 6.42 Å². The van der Waals surface area contributed by atoms with Gasteiger partial charge >= 0.3 is 0 Å². The Balaban J connectivity index is 1.59. The Morgan fingerprint density at radius 3 is 2.41 bits per heavy atom. The molecule has 3 aromatic rings. The lowest BCUT2D eigenvalue weighted by molar-refractivity contribution is 0.509. The van der Waals surface area contributed by atoms with Crippen molar-refractivity contribution in [2.45, 2.75) is 20.3 Å². The fourth-order valence-electron chi connectivity index (χ4n) is 2.44. The van der Waals surface area contributed by atoms with E-state index in [9.17, 15) is 0 Å². The minimum Gasteiger partial charge on any atom is -0.421 e. The second-order valence-corrected chi connectivity index (χ2v) is 5.42. The Hall–Kier alpha value is -2.62. The zero-order valence-electron chi connectivity index (χ0n) is 12.8. The number of hydrogen-bond acceptors (Lipinski definition) is 4. The van der Waals surface area contributed by atoms with E-state index in [0.717, 1.165) is 17.8 Å². The molecule has 0 bridgehead atoms. The second-order valence-electron chi connectivity index (χ2n) is 5.42. The Morgan fingerprint density at radius 2 is 1.68 bits per heavy atom. The molecule has 4 nitrogen and oxygen atoms in total. The van der Waals surface area contributed by atoms with Gasteiger partial charge in [-0.25, -0.2) is 0 Å². The maximum Gasteiger partial charge on any atom is 0.247 e.